The summed E-state index contributed by atoms with van der Waals surface area (Å²) in [5.41, 5.74) is 11.8. The fourth-order valence-electron chi connectivity index (χ4n) is 2.51. The largest absolute Gasteiger partial charge is 0.392 e. The zero-order valence-corrected chi connectivity index (χ0v) is 12.9. The van der Waals surface area contributed by atoms with Crippen molar-refractivity contribution in [3.8, 4) is 11.1 Å². The molecular formula is C20H20N2O. The van der Waals surface area contributed by atoms with Crippen LogP contribution in [0.1, 0.15) is 11.1 Å². The molecule has 3 heteroatoms. The van der Waals surface area contributed by atoms with Crippen molar-refractivity contribution in [2.75, 3.05) is 5.43 Å². The van der Waals surface area contributed by atoms with Crippen LogP contribution in [0.2, 0.25) is 0 Å². The Morgan fingerprint density at radius 2 is 1.43 bits per heavy atom. The predicted octanol–water partition coefficient (Wildman–Crippen LogP) is 3.96. The molecular weight excluding hydrogens is 284 g/mol. The van der Waals surface area contributed by atoms with E-state index in [1.54, 1.807) is 0 Å². The SMILES string of the molecule is OCc1ccccc1-c1ccc(CNNc2ccccc2)cc1. The number of hydrogen-bond donors (Lipinski definition) is 3. The fourth-order valence-corrected chi connectivity index (χ4v) is 2.51. The molecule has 0 heterocycles. The minimum absolute atomic E-state index is 0.0560. The van der Waals surface area contributed by atoms with Gasteiger partial charge in [0, 0.05) is 12.2 Å². The molecule has 3 nitrogen and oxygen atoms in total. The summed E-state index contributed by atoms with van der Waals surface area (Å²) in [6.07, 6.45) is 0. The molecule has 0 aliphatic carbocycles. The molecule has 0 spiro atoms. The van der Waals surface area contributed by atoms with E-state index in [0.717, 1.165) is 28.9 Å². The Labute approximate surface area is 136 Å². The standard InChI is InChI=1S/C20H20N2O/c23-15-18-6-4-5-9-20(18)17-12-10-16(11-13-17)14-21-22-19-7-2-1-3-8-19/h1-13,21-23H,14-15H2. The van der Waals surface area contributed by atoms with Crippen LogP contribution in [-0.4, -0.2) is 5.11 Å². The third-order valence-corrected chi connectivity index (χ3v) is 3.75. The maximum Gasteiger partial charge on any atom is 0.0687 e. The van der Waals surface area contributed by atoms with Gasteiger partial charge < -0.3 is 10.5 Å². The lowest BCUT2D eigenvalue weighted by atomic mass is 9.99. The molecule has 0 bridgehead atoms. The van der Waals surface area contributed by atoms with Gasteiger partial charge in [0.2, 0.25) is 0 Å². The smallest absolute Gasteiger partial charge is 0.0687 e. The molecule has 0 radical (unpaired) electrons. The molecule has 0 atom stereocenters. The Kier molecular flexibility index (Phi) is 5.04. The van der Waals surface area contributed by atoms with Crippen LogP contribution in [-0.2, 0) is 13.2 Å². The van der Waals surface area contributed by atoms with Crippen LogP contribution in [0, 0.1) is 0 Å². The van der Waals surface area contributed by atoms with Crippen molar-refractivity contribution >= 4 is 5.69 Å². The Bertz CT molecular complexity index is 739. The number of rotatable bonds is 6. The fraction of sp³-hybridized carbons (Fsp3) is 0.100. The second kappa shape index (κ2) is 7.58. The lowest BCUT2D eigenvalue weighted by Gasteiger charge is -2.10. The van der Waals surface area contributed by atoms with Crippen LogP contribution >= 0.6 is 0 Å². The number of hydrazine groups is 1. The number of aliphatic hydroxyl groups excluding tert-OH is 1. The molecule has 3 rings (SSSR count). The number of para-hydroxylation sites is 1. The molecule has 0 fully saturated rings. The minimum Gasteiger partial charge on any atom is -0.392 e. The van der Waals surface area contributed by atoms with Gasteiger partial charge in [-0.2, -0.15) is 0 Å². The van der Waals surface area contributed by atoms with E-state index in [9.17, 15) is 5.11 Å². The molecule has 3 aromatic rings. The first-order valence-corrected chi connectivity index (χ1v) is 7.69. The van der Waals surface area contributed by atoms with E-state index < -0.39 is 0 Å². The van der Waals surface area contributed by atoms with Gasteiger partial charge in [-0.25, -0.2) is 5.43 Å². The van der Waals surface area contributed by atoms with E-state index in [1.165, 1.54) is 5.56 Å². The minimum atomic E-state index is 0.0560. The van der Waals surface area contributed by atoms with Gasteiger partial charge >= 0.3 is 0 Å². The zero-order valence-electron chi connectivity index (χ0n) is 12.9. The average molecular weight is 304 g/mol. The van der Waals surface area contributed by atoms with Gasteiger partial charge in [-0.3, -0.25) is 0 Å². The monoisotopic (exact) mass is 304 g/mol. The Hall–Kier alpha value is -2.62. The highest BCUT2D eigenvalue weighted by Crippen LogP contribution is 2.24. The highest BCUT2D eigenvalue weighted by atomic mass is 16.3. The summed E-state index contributed by atoms with van der Waals surface area (Å²) < 4.78 is 0. The first-order valence-electron chi connectivity index (χ1n) is 7.69. The first kappa shape index (κ1) is 15.3. The third kappa shape index (κ3) is 3.97. The van der Waals surface area contributed by atoms with Crippen LogP contribution in [0.4, 0.5) is 5.69 Å². The maximum atomic E-state index is 9.44. The van der Waals surface area contributed by atoms with Crippen LogP contribution in [0.15, 0.2) is 78.9 Å². The molecule has 0 aromatic heterocycles. The van der Waals surface area contributed by atoms with Gasteiger partial charge in [0.05, 0.1) is 6.61 Å². The summed E-state index contributed by atoms with van der Waals surface area (Å²) in [5, 5.41) is 9.44. The van der Waals surface area contributed by atoms with Crippen molar-refractivity contribution in [1.29, 1.82) is 0 Å². The Balaban J connectivity index is 1.63. The van der Waals surface area contributed by atoms with E-state index in [4.69, 9.17) is 0 Å². The topological polar surface area (TPSA) is 44.3 Å². The number of nitrogens with one attached hydrogen (secondary N) is 2. The van der Waals surface area contributed by atoms with Crippen LogP contribution < -0.4 is 10.9 Å². The quantitative estimate of drug-likeness (QED) is 0.604. The third-order valence-electron chi connectivity index (χ3n) is 3.75. The summed E-state index contributed by atoms with van der Waals surface area (Å²) in [7, 11) is 0. The van der Waals surface area contributed by atoms with Crippen molar-refractivity contribution in [2.24, 2.45) is 0 Å². The summed E-state index contributed by atoms with van der Waals surface area (Å²) in [6, 6.07) is 26.3. The van der Waals surface area contributed by atoms with Gasteiger partial charge in [-0.1, -0.05) is 66.7 Å². The number of aliphatic hydroxyl groups is 1. The number of anilines is 1. The molecule has 0 aliphatic heterocycles. The van der Waals surface area contributed by atoms with Gasteiger partial charge in [-0.15, -0.1) is 0 Å². The molecule has 3 aromatic carbocycles. The predicted molar refractivity (Wildman–Crippen MR) is 94.7 cm³/mol. The second-order valence-electron chi connectivity index (χ2n) is 5.36. The summed E-state index contributed by atoms with van der Waals surface area (Å²) in [4.78, 5) is 0. The lowest BCUT2D eigenvalue weighted by molar-refractivity contribution is 0.282. The molecule has 116 valence electrons. The first-order chi connectivity index (χ1) is 11.4. The number of benzene rings is 3. The van der Waals surface area contributed by atoms with Crippen LogP contribution in [0.3, 0.4) is 0 Å². The van der Waals surface area contributed by atoms with Gasteiger partial charge in [0.15, 0.2) is 0 Å². The normalized spacial score (nSPS) is 10.5. The van der Waals surface area contributed by atoms with Crippen molar-refractivity contribution < 1.29 is 5.11 Å². The Morgan fingerprint density at radius 1 is 0.739 bits per heavy atom. The molecule has 0 saturated carbocycles. The molecule has 23 heavy (non-hydrogen) atoms. The average Bonchev–Trinajstić information content (AvgIpc) is 2.63. The zero-order chi connectivity index (χ0) is 15.9. The second-order valence-corrected chi connectivity index (χ2v) is 5.36. The summed E-state index contributed by atoms with van der Waals surface area (Å²) in [6.45, 7) is 0.789. The van der Waals surface area contributed by atoms with Crippen molar-refractivity contribution in [1.82, 2.24) is 5.43 Å². The molecule has 0 amide bonds. The van der Waals surface area contributed by atoms with Crippen molar-refractivity contribution in [2.45, 2.75) is 13.2 Å². The van der Waals surface area contributed by atoms with E-state index in [-0.39, 0.29) is 6.61 Å². The van der Waals surface area contributed by atoms with E-state index in [0.29, 0.717) is 0 Å². The maximum absolute atomic E-state index is 9.44. The Morgan fingerprint density at radius 3 is 2.17 bits per heavy atom. The van der Waals surface area contributed by atoms with E-state index in [2.05, 4.69) is 35.1 Å². The van der Waals surface area contributed by atoms with E-state index >= 15 is 0 Å². The van der Waals surface area contributed by atoms with Crippen LogP contribution in [0.25, 0.3) is 11.1 Å². The van der Waals surface area contributed by atoms with Gasteiger partial charge in [-0.05, 0) is 34.4 Å². The molecule has 0 unspecified atom stereocenters. The molecule has 0 saturated heterocycles. The van der Waals surface area contributed by atoms with Gasteiger partial charge in [0.1, 0.15) is 0 Å². The summed E-state index contributed by atoms with van der Waals surface area (Å²) in [5.74, 6) is 0. The number of hydrogen-bond acceptors (Lipinski definition) is 3. The van der Waals surface area contributed by atoms with Crippen molar-refractivity contribution in [3.63, 3.8) is 0 Å². The van der Waals surface area contributed by atoms with E-state index in [1.807, 2.05) is 54.6 Å². The van der Waals surface area contributed by atoms with Crippen LogP contribution in [0.5, 0.6) is 0 Å². The summed E-state index contributed by atoms with van der Waals surface area (Å²) >= 11 is 0. The van der Waals surface area contributed by atoms with Gasteiger partial charge in [0.25, 0.3) is 0 Å². The lowest BCUT2D eigenvalue weighted by Crippen LogP contribution is -2.20. The molecule has 0 aliphatic rings. The highest BCUT2D eigenvalue weighted by molar-refractivity contribution is 5.67. The highest BCUT2D eigenvalue weighted by Gasteiger charge is 2.03. The van der Waals surface area contributed by atoms with Crippen molar-refractivity contribution in [3.05, 3.63) is 90.0 Å². The molecule has 3 N–H and O–H groups in total.